The highest BCUT2D eigenvalue weighted by molar-refractivity contribution is 7.14. The Morgan fingerprint density at radius 1 is 1.26 bits per heavy atom. The van der Waals surface area contributed by atoms with Gasteiger partial charge in [-0.1, -0.05) is 12.1 Å². The van der Waals surface area contributed by atoms with Gasteiger partial charge in [-0.15, -0.1) is 11.3 Å². The zero-order chi connectivity index (χ0) is 19.4. The quantitative estimate of drug-likeness (QED) is 0.673. The molecule has 0 aliphatic rings. The number of hydrogen-bond acceptors (Lipinski definition) is 5. The standard InChI is InChI=1S/C19H18FN3O3S/c1-11(13-3-5-14(20)6-4-13)21-17(24)9-15-10-27-19(22-15)23-18(25)16-7-8-26-12(16)2/h3-8,10-11H,9H2,1-2H3,(H,21,24)(H,22,23,25)/t11-/m1/s1. The molecule has 3 aromatic rings. The van der Waals surface area contributed by atoms with Crippen molar-refractivity contribution in [3.05, 3.63) is 70.4 Å². The number of nitrogens with one attached hydrogen (secondary N) is 2. The van der Waals surface area contributed by atoms with E-state index in [0.29, 0.717) is 22.1 Å². The fourth-order valence-electron chi connectivity index (χ4n) is 2.52. The molecule has 1 atom stereocenters. The lowest BCUT2D eigenvalue weighted by molar-refractivity contribution is -0.121. The summed E-state index contributed by atoms with van der Waals surface area (Å²) in [4.78, 5) is 28.6. The second-order valence-electron chi connectivity index (χ2n) is 6.01. The van der Waals surface area contributed by atoms with Crippen LogP contribution in [0.4, 0.5) is 9.52 Å². The maximum absolute atomic E-state index is 13.0. The second-order valence-corrected chi connectivity index (χ2v) is 6.86. The van der Waals surface area contributed by atoms with Crippen LogP contribution in [0, 0.1) is 12.7 Å². The van der Waals surface area contributed by atoms with Crippen LogP contribution in [-0.2, 0) is 11.2 Å². The van der Waals surface area contributed by atoms with Gasteiger partial charge in [-0.05, 0) is 37.6 Å². The number of carbonyl (C=O) groups excluding carboxylic acids is 2. The number of thiazole rings is 1. The Morgan fingerprint density at radius 3 is 2.67 bits per heavy atom. The van der Waals surface area contributed by atoms with Crippen molar-refractivity contribution in [2.75, 3.05) is 5.32 Å². The highest BCUT2D eigenvalue weighted by Gasteiger charge is 2.15. The summed E-state index contributed by atoms with van der Waals surface area (Å²) >= 11 is 1.24. The van der Waals surface area contributed by atoms with Crippen molar-refractivity contribution in [2.45, 2.75) is 26.3 Å². The largest absolute Gasteiger partial charge is 0.469 e. The number of halogens is 1. The average molecular weight is 387 g/mol. The highest BCUT2D eigenvalue weighted by atomic mass is 32.1. The van der Waals surface area contributed by atoms with Crippen molar-refractivity contribution < 1.29 is 18.4 Å². The minimum absolute atomic E-state index is 0.0860. The van der Waals surface area contributed by atoms with Crippen molar-refractivity contribution in [3.63, 3.8) is 0 Å². The zero-order valence-corrected chi connectivity index (χ0v) is 15.6. The summed E-state index contributed by atoms with van der Waals surface area (Å²) in [6.07, 6.45) is 1.53. The van der Waals surface area contributed by atoms with Crippen LogP contribution in [0.3, 0.4) is 0 Å². The smallest absolute Gasteiger partial charge is 0.260 e. The number of anilines is 1. The van der Waals surface area contributed by atoms with Crippen molar-refractivity contribution in [1.29, 1.82) is 0 Å². The molecule has 8 heteroatoms. The van der Waals surface area contributed by atoms with E-state index in [4.69, 9.17) is 4.42 Å². The molecule has 0 aliphatic heterocycles. The van der Waals surface area contributed by atoms with Gasteiger partial charge >= 0.3 is 0 Å². The first kappa shape index (κ1) is 18.8. The first-order valence-electron chi connectivity index (χ1n) is 8.27. The van der Waals surface area contributed by atoms with Gasteiger partial charge in [0.2, 0.25) is 5.91 Å². The molecule has 0 bridgehead atoms. The highest BCUT2D eigenvalue weighted by Crippen LogP contribution is 2.19. The Hall–Kier alpha value is -3.00. The van der Waals surface area contributed by atoms with Gasteiger partial charge in [0.25, 0.3) is 5.91 Å². The van der Waals surface area contributed by atoms with E-state index in [1.807, 2.05) is 6.92 Å². The number of nitrogens with zero attached hydrogens (tertiary/aromatic N) is 1. The number of carbonyl (C=O) groups is 2. The van der Waals surface area contributed by atoms with Crippen LogP contribution in [0.5, 0.6) is 0 Å². The van der Waals surface area contributed by atoms with Crippen LogP contribution in [0.2, 0.25) is 0 Å². The van der Waals surface area contributed by atoms with Crippen LogP contribution in [-0.4, -0.2) is 16.8 Å². The van der Waals surface area contributed by atoms with E-state index in [0.717, 1.165) is 5.56 Å². The number of benzene rings is 1. The Balaban J connectivity index is 1.55. The van der Waals surface area contributed by atoms with E-state index < -0.39 is 0 Å². The van der Waals surface area contributed by atoms with E-state index in [2.05, 4.69) is 15.6 Å². The topological polar surface area (TPSA) is 84.2 Å². The lowest BCUT2D eigenvalue weighted by Crippen LogP contribution is -2.28. The van der Waals surface area contributed by atoms with Gasteiger partial charge in [0, 0.05) is 5.38 Å². The number of aryl methyl sites for hydroxylation is 1. The number of rotatable bonds is 6. The molecule has 0 aliphatic carbocycles. The fourth-order valence-corrected chi connectivity index (χ4v) is 3.23. The van der Waals surface area contributed by atoms with E-state index in [1.165, 1.54) is 29.7 Å². The summed E-state index contributed by atoms with van der Waals surface area (Å²) in [6, 6.07) is 7.32. The first-order valence-corrected chi connectivity index (χ1v) is 9.15. The molecule has 140 valence electrons. The third-order valence-corrected chi connectivity index (χ3v) is 4.77. The van der Waals surface area contributed by atoms with Crippen LogP contribution in [0.15, 0.2) is 46.4 Å². The van der Waals surface area contributed by atoms with Gasteiger partial charge in [0.1, 0.15) is 11.6 Å². The summed E-state index contributed by atoms with van der Waals surface area (Å²) < 4.78 is 18.1. The molecule has 6 nitrogen and oxygen atoms in total. The van der Waals surface area contributed by atoms with E-state index in [1.54, 1.807) is 30.5 Å². The summed E-state index contributed by atoms with van der Waals surface area (Å²) in [6.45, 7) is 3.53. The first-order chi connectivity index (χ1) is 12.9. The Kier molecular flexibility index (Phi) is 5.66. The lowest BCUT2D eigenvalue weighted by atomic mass is 10.1. The molecule has 0 spiro atoms. The third kappa shape index (κ3) is 4.79. The minimum Gasteiger partial charge on any atom is -0.469 e. The van der Waals surface area contributed by atoms with Crippen molar-refractivity contribution >= 4 is 28.3 Å². The molecule has 2 amide bonds. The summed E-state index contributed by atoms with van der Waals surface area (Å²) in [5, 5.41) is 7.67. The van der Waals surface area contributed by atoms with Gasteiger partial charge in [0.15, 0.2) is 5.13 Å². The van der Waals surface area contributed by atoms with Crippen LogP contribution >= 0.6 is 11.3 Å². The van der Waals surface area contributed by atoms with Gasteiger partial charge in [0.05, 0.1) is 30.0 Å². The predicted molar refractivity (Wildman–Crippen MR) is 100 cm³/mol. The zero-order valence-electron chi connectivity index (χ0n) is 14.8. The number of aromatic nitrogens is 1. The maximum atomic E-state index is 13.0. The van der Waals surface area contributed by atoms with Crippen molar-refractivity contribution in [2.24, 2.45) is 0 Å². The predicted octanol–water partition coefficient (Wildman–Crippen LogP) is 3.86. The monoisotopic (exact) mass is 387 g/mol. The van der Waals surface area contributed by atoms with E-state index in [9.17, 15) is 14.0 Å². The second kappa shape index (κ2) is 8.13. The molecule has 0 saturated carbocycles. The molecular formula is C19H18FN3O3S. The normalized spacial score (nSPS) is 11.8. The maximum Gasteiger partial charge on any atom is 0.260 e. The Morgan fingerprint density at radius 2 is 2.00 bits per heavy atom. The Labute approximate surface area is 159 Å². The van der Waals surface area contributed by atoms with E-state index >= 15 is 0 Å². The molecule has 2 aromatic heterocycles. The van der Waals surface area contributed by atoms with Gasteiger partial charge in [-0.25, -0.2) is 9.37 Å². The summed E-state index contributed by atoms with van der Waals surface area (Å²) in [5.41, 5.74) is 1.81. The molecule has 0 fully saturated rings. The van der Waals surface area contributed by atoms with Crippen molar-refractivity contribution in [3.8, 4) is 0 Å². The SMILES string of the molecule is Cc1occc1C(=O)Nc1nc(CC(=O)N[C@H](C)c2ccc(F)cc2)cs1. The molecule has 1 aromatic carbocycles. The Bertz CT molecular complexity index is 949. The number of furan rings is 1. The minimum atomic E-state index is -0.319. The summed E-state index contributed by atoms with van der Waals surface area (Å²) in [7, 11) is 0. The molecule has 2 N–H and O–H groups in total. The molecule has 0 radical (unpaired) electrons. The van der Waals surface area contributed by atoms with Gasteiger partial charge in [-0.2, -0.15) is 0 Å². The number of amides is 2. The van der Waals surface area contributed by atoms with Crippen LogP contribution in [0.25, 0.3) is 0 Å². The van der Waals surface area contributed by atoms with Crippen molar-refractivity contribution in [1.82, 2.24) is 10.3 Å². The van der Waals surface area contributed by atoms with E-state index in [-0.39, 0.29) is 30.1 Å². The average Bonchev–Trinajstić information content (AvgIpc) is 3.24. The van der Waals surface area contributed by atoms with Gasteiger partial charge in [-0.3, -0.25) is 14.9 Å². The van der Waals surface area contributed by atoms with Gasteiger partial charge < -0.3 is 9.73 Å². The number of hydrogen-bond donors (Lipinski definition) is 2. The molecule has 3 rings (SSSR count). The molecule has 0 unspecified atom stereocenters. The fraction of sp³-hybridized carbons (Fsp3) is 0.211. The van der Waals surface area contributed by atoms with Crippen LogP contribution in [0.1, 0.15) is 40.3 Å². The molecule has 0 saturated heterocycles. The summed E-state index contributed by atoms with van der Waals surface area (Å²) in [5.74, 6) is -0.310. The molecule has 2 heterocycles. The third-order valence-electron chi connectivity index (χ3n) is 3.96. The molecular weight excluding hydrogens is 369 g/mol. The van der Waals surface area contributed by atoms with Crippen LogP contribution < -0.4 is 10.6 Å². The molecule has 27 heavy (non-hydrogen) atoms. The lowest BCUT2D eigenvalue weighted by Gasteiger charge is -2.13.